The van der Waals surface area contributed by atoms with Crippen molar-refractivity contribution in [1.82, 2.24) is 0 Å². The smallest absolute Gasteiger partial charge is 0.0830 e. The average Bonchev–Trinajstić information content (AvgIpc) is 2.83. The summed E-state index contributed by atoms with van der Waals surface area (Å²) >= 11 is 0. The summed E-state index contributed by atoms with van der Waals surface area (Å²) in [6, 6.07) is 0. The molecule has 2 nitrogen and oxygen atoms in total. The number of methoxy groups -OCH3 is 1. The zero-order valence-electron chi connectivity index (χ0n) is 8.12. The minimum absolute atomic E-state index is 0.0654. The number of hydrogen-bond donors (Lipinski definition) is 1. The van der Waals surface area contributed by atoms with Crippen LogP contribution in [0.5, 0.6) is 0 Å². The molecule has 0 heterocycles. The standard InChI is InChI=1S/C10H20O2/c1-3-4-10(12-2)9(11)7-8-5-6-8/h8-11H,3-7H2,1-2H3. The van der Waals surface area contributed by atoms with E-state index in [-0.39, 0.29) is 12.2 Å². The molecule has 72 valence electrons. The third-order valence-corrected chi connectivity index (χ3v) is 2.58. The summed E-state index contributed by atoms with van der Waals surface area (Å²) in [4.78, 5) is 0. The zero-order valence-corrected chi connectivity index (χ0v) is 8.12. The molecular formula is C10H20O2. The predicted octanol–water partition coefficient (Wildman–Crippen LogP) is 1.96. The number of ether oxygens (including phenoxy) is 1. The molecular weight excluding hydrogens is 152 g/mol. The van der Waals surface area contributed by atoms with Crippen molar-refractivity contribution in [3.8, 4) is 0 Å². The van der Waals surface area contributed by atoms with Crippen LogP contribution in [0.3, 0.4) is 0 Å². The van der Waals surface area contributed by atoms with E-state index >= 15 is 0 Å². The van der Waals surface area contributed by atoms with E-state index in [1.165, 1.54) is 12.8 Å². The monoisotopic (exact) mass is 172 g/mol. The molecule has 0 bridgehead atoms. The van der Waals surface area contributed by atoms with Crippen LogP contribution in [0.4, 0.5) is 0 Å². The Morgan fingerprint density at radius 2 is 2.17 bits per heavy atom. The van der Waals surface area contributed by atoms with Crippen LogP contribution in [0.15, 0.2) is 0 Å². The van der Waals surface area contributed by atoms with Gasteiger partial charge in [-0.2, -0.15) is 0 Å². The van der Waals surface area contributed by atoms with E-state index in [1.807, 2.05) is 0 Å². The Morgan fingerprint density at radius 3 is 2.58 bits per heavy atom. The van der Waals surface area contributed by atoms with Gasteiger partial charge < -0.3 is 9.84 Å². The van der Waals surface area contributed by atoms with Crippen molar-refractivity contribution in [3.05, 3.63) is 0 Å². The molecule has 0 aromatic heterocycles. The molecule has 1 saturated carbocycles. The first kappa shape index (κ1) is 10.0. The molecule has 0 aliphatic heterocycles. The fourth-order valence-corrected chi connectivity index (χ4v) is 1.60. The largest absolute Gasteiger partial charge is 0.390 e. The average molecular weight is 172 g/mol. The van der Waals surface area contributed by atoms with Gasteiger partial charge in [0.05, 0.1) is 12.2 Å². The summed E-state index contributed by atoms with van der Waals surface area (Å²) in [5.74, 6) is 0.787. The van der Waals surface area contributed by atoms with Gasteiger partial charge in [0.25, 0.3) is 0 Å². The molecule has 0 amide bonds. The van der Waals surface area contributed by atoms with Crippen LogP contribution in [0, 0.1) is 5.92 Å². The van der Waals surface area contributed by atoms with Crippen LogP contribution in [-0.2, 0) is 4.74 Å². The lowest BCUT2D eigenvalue weighted by Crippen LogP contribution is -2.28. The van der Waals surface area contributed by atoms with Crippen LogP contribution < -0.4 is 0 Å². The van der Waals surface area contributed by atoms with Crippen molar-refractivity contribution < 1.29 is 9.84 Å². The minimum atomic E-state index is -0.234. The first-order valence-electron chi connectivity index (χ1n) is 4.98. The molecule has 2 unspecified atom stereocenters. The highest BCUT2D eigenvalue weighted by Crippen LogP contribution is 2.34. The van der Waals surface area contributed by atoms with E-state index in [9.17, 15) is 5.11 Å². The molecule has 1 rings (SSSR count). The number of aliphatic hydroxyl groups is 1. The second-order valence-electron chi connectivity index (χ2n) is 3.81. The van der Waals surface area contributed by atoms with Gasteiger partial charge in [-0.15, -0.1) is 0 Å². The summed E-state index contributed by atoms with van der Waals surface area (Å²) in [5.41, 5.74) is 0. The SMILES string of the molecule is CCCC(OC)C(O)CC1CC1. The quantitative estimate of drug-likeness (QED) is 0.663. The summed E-state index contributed by atoms with van der Waals surface area (Å²) in [7, 11) is 1.69. The van der Waals surface area contributed by atoms with Crippen molar-refractivity contribution in [2.24, 2.45) is 5.92 Å². The van der Waals surface area contributed by atoms with Gasteiger partial charge in [-0.25, -0.2) is 0 Å². The lowest BCUT2D eigenvalue weighted by Gasteiger charge is -2.20. The van der Waals surface area contributed by atoms with Gasteiger partial charge in [0.15, 0.2) is 0 Å². The Labute approximate surface area is 74.9 Å². The fourth-order valence-electron chi connectivity index (χ4n) is 1.60. The third kappa shape index (κ3) is 3.11. The van der Waals surface area contributed by atoms with Crippen LogP contribution in [0.25, 0.3) is 0 Å². The minimum Gasteiger partial charge on any atom is -0.390 e. The van der Waals surface area contributed by atoms with E-state index in [0.29, 0.717) is 0 Å². The summed E-state index contributed by atoms with van der Waals surface area (Å²) in [6.07, 6.45) is 5.44. The summed E-state index contributed by atoms with van der Waals surface area (Å²) in [6.45, 7) is 2.12. The van der Waals surface area contributed by atoms with Crippen molar-refractivity contribution in [1.29, 1.82) is 0 Å². The Morgan fingerprint density at radius 1 is 1.50 bits per heavy atom. The second kappa shape index (κ2) is 4.83. The highest BCUT2D eigenvalue weighted by molar-refractivity contribution is 4.80. The highest BCUT2D eigenvalue weighted by Gasteiger charge is 2.28. The Bertz CT molecular complexity index is 121. The first-order chi connectivity index (χ1) is 5.77. The lowest BCUT2D eigenvalue weighted by atomic mass is 10.0. The second-order valence-corrected chi connectivity index (χ2v) is 3.81. The molecule has 1 aliphatic rings. The predicted molar refractivity (Wildman–Crippen MR) is 49.1 cm³/mol. The van der Waals surface area contributed by atoms with Crippen LogP contribution in [0.2, 0.25) is 0 Å². The normalized spacial score (nSPS) is 22.2. The lowest BCUT2D eigenvalue weighted by molar-refractivity contribution is -0.0226. The highest BCUT2D eigenvalue weighted by atomic mass is 16.5. The van der Waals surface area contributed by atoms with E-state index in [4.69, 9.17) is 4.74 Å². The Kier molecular flexibility index (Phi) is 4.02. The molecule has 1 N–H and O–H groups in total. The Balaban J connectivity index is 2.19. The third-order valence-electron chi connectivity index (χ3n) is 2.58. The zero-order chi connectivity index (χ0) is 8.97. The maximum Gasteiger partial charge on any atom is 0.0830 e. The van der Waals surface area contributed by atoms with Gasteiger partial charge in [0, 0.05) is 7.11 Å². The summed E-state index contributed by atoms with van der Waals surface area (Å²) < 4.78 is 5.23. The van der Waals surface area contributed by atoms with Gasteiger partial charge in [0.2, 0.25) is 0 Å². The van der Waals surface area contributed by atoms with Crippen molar-refractivity contribution in [2.75, 3.05) is 7.11 Å². The fraction of sp³-hybridized carbons (Fsp3) is 1.00. The van der Waals surface area contributed by atoms with Gasteiger partial charge in [-0.1, -0.05) is 26.2 Å². The van der Waals surface area contributed by atoms with E-state index < -0.39 is 0 Å². The van der Waals surface area contributed by atoms with E-state index in [1.54, 1.807) is 7.11 Å². The Hall–Kier alpha value is -0.0800. The van der Waals surface area contributed by atoms with Gasteiger partial charge in [-0.3, -0.25) is 0 Å². The summed E-state index contributed by atoms with van der Waals surface area (Å²) in [5, 5.41) is 9.73. The molecule has 0 aromatic carbocycles. The molecule has 1 aliphatic carbocycles. The molecule has 0 aromatic rings. The first-order valence-corrected chi connectivity index (χ1v) is 4.98. The van der Waals surface area contributed by atoms with Gasteiger partial charge >= 0.3 is 0 Å². The molecule has 2 atom stereocenters. The van der Waals surface area contributed by atoms with Crippen molar-refractivity contribution in [3.63, 3.8) is 0 Å². The number of hydrogen-bond acceptors (Lipinski definition) is 2. The van der Waals surface area contributed by atoms with Gasteiger partial charge in [0.1, 0.15) is 0 Å². The van der Waals surface area contributed by atoms with Crippen LogP contribution in [0.1, 0.15) is 39.0 Å². The number of rotatable bonds is 6. The maximum atomic E-state index is 9.73. The van der Waals surface area contributed by atoms with Crippen LogP contribution >= 0.6 is 0 Å². The maximum absolute atomic E-state index is 9.73. The van der Waals surface area contributed by atoms with E-state index in [2.05, 4.69) is 6.92 Å². The molecule has 0 radical (unpaired) electrons. The van der Waals surface area contributed by atoms with Crippen LogP contribution in [-0.4, -0.2) is 24.4 Å². The molecule has 2 heteroatoms. The van der Waals surface area contributed by atoms with Gasteiger partial charge in [-0.05, 0) is 18.8 Å². The molecule has 0 saturated heterocycles. The topological polar surface area (TPSA) is 29.5 Å². The number of aliphatic hydroxyl groups excluding tert-OH is 1. The van der Waals surface area contributed by atoms with E-state index in [0.717, 1.165) is 25.2 Å². The van der Waals surface area contributed by atoms with Crippen molar-refractivity contribution in [2.45, 2.75) is 51.2 Å². The van der Waals surface area contributed by atoms with Crippen molar-refractivity contribution >= 4 is 0 Å². The molecule has 12 heavy (non-hydrogen) atoms. The molecule has 0 spiro atoms. The molecule has 1 fully saturated rings.